The van der Waals surface area contributed by atoms with Crippen LogP contribution in [0.4, 0.5) is 11.6 Å². The Balaban J connectivity index is 1.74. The van der Waals surface area contributed by atoms with E-state index in [1.165, 1.54) is 18.2 Å². The molecule has 0 unspecified atom stereocenters. The van der Waals surface area contributed by atoms with Gasteiger partial charge in [-0.1, -0.05) is 13.0 Å². The van der Waals surface area contributed by atoms with Crippen LogP contribution in [0.2, 0.25) is 0 Å². The van der Waals surface area contributed by atoms with Crippen molar-refractivity contribution in [1.29, 1.82) is 0 Å². The third-order valence-electron chi connectivity index (χ3n) is 6.31. The second-order valence-corrected chi connectivity index (χ2v) is 10.7. The van der Waals surface area contributed by atoms with Crippen LogP contribution in [-0.2, 0) is 10.0 Å². The van der Waals surface area contributed by atoms with Crippen LogP contribution in [0.1, 0.15) is 41.8 Å². The molecule has 0 aliphatic carbocycles. The zero-order chi connectivity index (χ0) is 26.0. The van der Waals surface area contributed by atoms with Crippen LogP contribution in [0.15, 0.2) is 47.5 Å². The summed E-state index contributed by atoms with van der Waals surface area (Å²) in [5.74, 6) is 0.929. The normalized spacial score (nSPS) is 15.7. The quantitative estimate of drug-likeness (QED) is 0.493. The van der Waals surface area contributed by atoms with E-state index in [4.69, 9.17) is 15.5 Å². The van der Waals surface area contributed by atoms with Gasteiger partial charge in [0.25, 0.3) is 15.9 Å². The van der Waals surface area contributed by atoms with Crippen molar-refractivity contribution < 1.29 is 17.9 Å². The van der Waals surface area contributed by atoms with Crippen molar-refractivity contribution >= 4 is 27.6 Å². The third kappa shape index (κ3) is 5.28. The van der Waals surface area contributed by atoms with Crippen LogP contribution >= 0.6 is 0 Å². The lowest BCUT2D eigenvalue weighted by atomic mass is 10.0. The number of benzene rings is 1. The minimum Gasteiger partial charge on any atom is -0.494 e. The summed E-state index contributed by atoms with van der Waals surface area (Å²) in [5, 5.41) is -0.324. The number of sulfonamides is 1. The summed E-state index contributed by atoms with van der Waals surface area (Å²) < 4.78 is 33.6. The van der Waals surface area contributed by atoms with Crippen molar-refractivity contribution in [3.63, 3.8) is 0 Å². The van der Waals surface area contributed by atoms with Gasteiger partial charge in [0.2, 0.25) is 0 Å². The van der Waals surface area contributed by atoms with Crippen molar-refractivity contribution in [3.8, 4) is 17.0 Å². The van der Waals surface area contributed by atoms with Crippen LogP contribution in [-0.4, -0.2) is 44.0 Å². The first-order valence-electron chi connectivity index (χ1n) is 11.9. The topological polar surface area (TPSA) is 128 Å². The van der Waals surface area contributed by atoms with E-state index in [0.29, 0.717) is 24.0 Å². The molecular weight excluding hydrogens is 478 g/mol. The second-order valence-electron chi connectivity index (χ2n) is 9.09. The van der Waals surface area contributed by atoms with Crippen LogP contribution in [0.3, 0.4) is 0 Å². The van der Waals surface area contributed by atoms with Gasteiger partial charge >= 0.3 is 0 Å². The number of hydrogen-bond donors (Lipinski definition) is 2. The summed E-state index contributed by atoms with van der Waals surface area (Å²) in [6, 6.07) is 11.5. The number of aryl methyl sites for hydroxylation is 1. The van der Waals surface area contributed by atoms with Crippen LogP contribution < -0.4 is 20.1 Å². The summed E-state index contributed by atoms with van der Waals surface area (Å²) in [6.07, 6.45) is 0.955. The Morgan fingerprint density at radius 1 is 1.19 bits per heavy atom. The molecular formula is C26H31N5O4S. The van der Waals surface area contributed by atoms with Crippen molar-refractivity contribution in [3.05, 3.63) is 59.2 Å². The van der Waals surface area contributed by atoms with E-state index in [1.807, 2.05) is 37.8 Å². The van der Waals surface area contributed by atoms with Gasteiger partial charge in [-0.15, -0.1) is 0 Å². The Morgan fingerprint density at radius 3 is 2.64 bits per heavy atom. The molecule has 1 aromatic carbocycles. The summed E-state index contributed by atoms with van der Waals surface area (Å²) in [5.41, 5.74) is 9.46. The minimum absolute atomic E-state index is 0.0444. The molecule has 1 atom stereocenters. The van der Waals surface area contributed by atoms with Gasteiger partial charge in [0.1, 0.15) is 17.4 Å². The smallest absolute Gasteiger partial charge is 0.281 e. The maximum absolute atomic E-state index is 13.2. The Hall–Kier alpha value is -3.66. The highest BCUT2D eigenvalue weighted by Crippen LogP contribution is 2.32. The van der Waals surface area contributed by atoms with Gasteiger partial charge < -0.3 is 15.4 Å². The van der Waals surface area contributed by atoms with E-state index in [2.05, 4.69) is 16.6 Å². The lowest BCUT2D eigenvalue weighted by Crippen LogP contribution is -2.33. The van der Waals surface area contributed by atoms with E-state index in [0.717, 1.165) is 42.0 Å². The fourth-order valence-corrected chi connectivity index (χ4v) is 5.19. The van der Waals surface area contributed by atoms with Crippen LogP contribution in [0.25, 0.3) is 11.3 Å². The maximum Gasteiger partial charge on any atom is 0.281 e. The number of nitrogens with two attached hydrogens (primary N) is 1. The summed E-state index contributed by atoms with van der Waals surface area (Å²) in [4.78, 5) is 23.9. The van der Waals surface area contributed by atoms with Gasteiger partial charge in [-0.25, -0.2) is 14.7 Å². The van der Waals surface area contributed by atoms with Gasteiger partial charge in [-0.05, 0) is 80.6 Å². The van der Waals surface area contributed by atoms with Crippen molar-refractivity contribution in [1.82, 2.24) is 14.7 Å². The lowest BCUT2D eigenvalue weighted by molar-refractivity contribution is 0.0981. The number of nitrogens with one attached hydrogen (secondary N) is 1. The molecule has 1 fully saturated rings. The van der Waals surface area contributed by atoms with Crippen molar-refractivity contribution in [2.75, 3.05) is 30.3 Å². The Kier molecular flexibility index (Phi) is 7.16. The molecule has 0 spiro atoms. The van der Waals surface area contributed by atoms with E-state index in [9.17, 15) is 13.2 Å². The zero-order valence-corrected chi connectivity index (χ0v) is 21.7. The molecule has 1 aliphatic heterocycles. The Bertz CT molecular complexity index is 1410. The first-order chi connectivity index (χ1) is 17.1. The maximum atomic E-state index is 13.2. The lowest BCUT2D eigenvalue weighted by Gasteiger charge is -2.21. The molecule has 2 aromatic heterocycles. The van der Waals surface area contributed by atoms with Gasteiger partial charge in [0.05, 0.1) is 17.9 Å². The monoisotopic (exact) mass is 509 g/mol. The Labute approximate surface area is 211 Å². The fraction of sp³-hybridized carbons (Fsp3) is 0.346. The number of hydrogen-bond acceptors (Lipinski definition) is 8. The molecule has 9 nitrogen and oxygen atoms in total. The number of pyridine rings is 2. The van der Waals surface area contributed by atoms with Gasteiger partial charge in [0.15, 0.2) is 5.03 Å². The number of nitrogens with zero attached hydrogens (tertiary/aromatic N) is 3. The van der Waals surface area contributed by atoms with E-state index >= 15 is 0 Å². The van der Waals surface area contributed by atoms with E-state index in [1.54, 1.807) is 12.1 Å². The molecule has 0 saturated carbocycles. The first-order valence-corrected chi connectivity index (χ1v) is 13.4. The van der Waals surface area contributed by atoms with E-state index < -0.39 is 15.9 Å². The SMILES string of the molecule is CCOc1cc(-c2ccc(C(=O)NS(=O)(=O)c3cccc(N)n3)c(N3CC[C@H](C)C3)n2)cc(C)c1C. The highest BCUT2D eigenvalue weighted by Gasteiger charge is 2.28. The average molecular weight is 510 g/mol. The predicted octanol–water partition coefficient (Wildman–Crippen LogP) is 3.71. The van der Waals surface area contributed by atoms with Gasteiger partial charge in [0, 0.05) is 18.7 Å². The minimum atomic E-state index is -4.22. The molecule has 10 heteroatoms. The van der Waals surface area contributed by atoms with E-state index in [-0.39, 0.29) is 16.4 Å². The van der Waals surface area contributed by atoms with Crippen LogP contribution in [0, 0.1) is 19.8 Å². The number of carbonyl (C=O) groups excluding carboxylic acids is 1. The number of amides is 1. The Morgan fingerprint density at radius 2 is 1.97 bits per heavy atom. The van der Waals surface area contributed by atoms with Gasteiger partial charge in [-0.2, -0.15) is 8.42 Å². The standard InChI is InChI=1S/C26H31N5O4S/c1-5-35-22-14-19(13-17(3)18(22)4)21-10-9-20(25(28-21)31-12-11-16(2)15-31)26(32)30-36(33,34)24-8-6-7-23(27)29-24/h6-10,13-14,16H,5,11-12,15H2,1-4H3,(H2,27,29)(H,30,32)/t16-/m0/s1. The second kappa shape index (κ2) is 10.1. The summed E-state index contributed by atoms with van der Waals surface area (Å²) >= 11 is 0. The summed E-state index contributed by atoms with van der Waals surface area (Å²) in [6.45, 7) is 10.1. The molecule has 3 aromatic rings. The van der Waals surface area contributed by atoms with Crippen molar-refractivity contribution in [2.24, 2.45) is 5.92 Å². The van der Waals surface area contributed by atoms with Gasteiger partial charge in [-0.3, -0.25) is 4.79 Å². The largest absolute Gasteiger partial charge is 0.494 e. The zero-order valence-electron chi connectivity index (χ0n) is 20.9. The molecule has 36 heavy (non-hydrogen) atoms. The molecule has 0 bridgehead atoms. The summed E-state index contributed by atoms with van der Waals surface area (Å²) in [7, 11) is -4.22. The molecule has 3 heterocycles. The molecule has 1 saturated heterocycles. The number of carbonyl (C=O) groups is 1. The number of rotatable bonds is 7. The van der Waals surface area contributed by atoms with Crippen LogP contribution in [0.5, 0.6) is 5.75 Å². The number of anilines is 2. The molecule has 190 valence electrons. The molecule has 4 rings (SSSR count). The first kappa shape index (κ1) is 25.4. The molecule has 1 amide bonds. The highest BCUT2D eigenvalue weighted by molar-refractivity contribution is 7.90. The van der Waals surface area contributed by atoms with Crippen molar-refractivity contribution in [2.45, 2.75) is 39.1 Å². The molecule has 1 aliphatic rings. The molecule has 0 radical (unpaired) electrons. The number of aromatic nitrogens is 2. The predicted molar refractivity (Wildman–Crippen MR) is 140 cm³/mol. The number of nitrogen functional groups attached to an aromatic ring is 1. The fourth-order valence-electron chi connectivity index (χ4n) is 4.24. The highest BCUT2D eigenvalue weighted by atomic mass is 32.2. The third-order valence-corrected chi connectivity index (χ3v) is 7.54. The number of ether oxygens (including phenoxy) is 1. The molecule has 3 N–H and O–H groups in total. The average Bonchev–Trinajstić information content (AvgIpc) is 3.27.